The molecule has 3 heterocycles. The van der Waals surface area contributed by atoms with Crippen LogP contribution in [0, 0.1) is 3.57 Å². The molecule has 0 saturated carbocycles. The van der Waals surface area contributed by atoms with E-state index >= 15 is 0 Å². The average Bonchev–Trinajstić information content (AvgIpc) is 2.85. The van der Waals surface area contributed by atoms with Crippen molar-refractivity contribution in [1.29, 1.82) is 0 Å². The van der Waals surface area contributed by atoms with Crippen molar-refractivity contribution in [1.82, 2.24) is 9.38 Å². The van der Waals surface area contributed by atoms with E-state index in [1.54, 1.807) is 0 Å². The number of rotatable bonds is 3. The summed E-state index contributed by atoms with van der Waals surface area (Å²) in [4.78, 5) is 7.19. The minimum atomic E-state index is -1.68. The highest BCUT2D eigenvalue weighted by Gasteiger charge is 2.42. The third-order valence-electron chi connectivity index (χ3n) is 5.83. The lowest BCUT2D eigenvalue weighted by atomic mass is 10.1. The number of imidazole rings is 1. The number of anilines is 1. The molecule has 0 amide bonds. The molecular formula is C20H26IN3OSi. The van der Waals surface area contributed by atoms with Gasteiger partial charge in [0.1, 0.15) is 5.65 Å². The molecule has 1 aromatic carbocycles. The van der Waals surface area contributed by atoms with Crippen molar-refractivity contribution >= 4 is 53.3 Å². The van der Waals surface area contributed by atoms with Crippen molar-refractivity contribution in [2.75, 3.05) is 18.0 Å². The van der Waals surface area contributed by atoms with Gasteiger partial charge in [0.05, 0.1) is 17.1 Å². The first kappa shape index (κ1) is 18.2. The molecule has 0 aliphatic carbocycles. The van der Waals surface area contributed by atoms with Crippen molar-refractivity contribution in [3.05, 3.63) is 40.1 Å². The fraction of sp³-hybridized carbons (Fsp3) is 0.450. The van der Waals surface area contributed by atoms with Gasteiger partial charge in [0.15, 0.2) is 8.32 Å². The topological polar surface area (TPSA) is 29.8 Å². The second-order valence-electron chi connectivity index (χ2n) is 8.76. The Morgan fingerprint density at radius 2 is 1.88 bits per heavy atom. The van der Waals surface area contributed by atoms with E-state index in [9.17, 15) is 0 Å². The Labute approximate surface area is 169 Å². The zero-order valence-electron chi connectivity index (χ0n) is 16.1. The lowest BCUT2D eigenvalue weighted by molar-refractivity contribution is 0.149. The van der Waals surface area contributed by atoms with Gasteiger partial charge in [-0.3, -0.25) is 4.40 Å². The van der Waals surface area contributed by atoms with Gasteiger partial charge < -0.3 is 9.33 Å². The number of benzene rings is 1. The molecule has 1 fully saturated rings. The Morgan fingerprint density at radius 3 is 2.58 bits per heavy atom. The average molecular weight is 479 g/mol. The second kappa shape index (κ2) is 6.20. The molecule has 1 aliphatic heterocycles. The van der Waals surface area contributed by atoms with Crippen molar-refractivity contribution in [2.45, 2.75) is 45.0 Å². The van der Waals surface area contributed by atoms with Gasteiger partial charge in [0.2, 0.25) is 0 Å². The van der Waals surface area contributed by atoms with E-state index in [-0.39, 0.29) is 5.04 Å². The number of hydrogen-bond donors (Lipinski definition) is 0. The first-order valence-corrected chi connectivity index (χ1v) is 13.1. The molecule has 0 N–H and O–H groups in total. The Bertz CT molecular complexity index is 970. The summed E-state index contributed by atoms with van der Waals surface area (Å²) in [6.45, 7) is 13.5. The van der Waals surface area contributed by atoms with Crippen LogP contribution < -0.4 is 4.90 Å². The fourth-order valence-electron chi connectivity index (χ4n) is 3.19. The van der Waals surface area contributed by atoms with Gasteiger partial charge in [-0.2, -0.15) is 0 Å². The monoisotopic (exact) mass is 479 g/mol. The minimum absolute atomic E-state index is 0.264. The number of pyridine rings is 1. The van der Waals surface area contributed by atoms with Crippen LogP contribution in [-0.2, 0) is 4.43 Å². The number of hydrogen-bond acceptors (Lipinski definition) is 3. The highest BCUT2D eigenvalue weighted by Crippen LogP contribution is 2.38. The lowest BCUT2D eigenvalue weighted by Crippen LogP contribution is -2.57. The zero-order chi connectivity index (χ0) is 18.7. The van der Waals surface area contributed by atoms with Crippen molar-refractivity contribution in [3.8, 4) is 0 Å². The molecule has 138 valence electrons. The van der Waals surface area contributed by atoms with E-state index in [1.165, 1.54) is 9.26 Å². The van der Waals surface area contributed by atoms with Crippen LogP contribution in [-0.4, -0.2) is 36.9 Å². The first-order chi connectivity index (χ1) is 12.1. The van der Waals surface area contributed by atoms with Gasteiger partial charge in [-0.05, 0) is 65.0 Å². The van der Waals surface area contributed by atoms with Crippen LogP contribution in [0.4, 0.5) is 5.69 Å². The summed E-state index contributed by atoms with van der Waals surface area (Å²) in [5.74, 6) is 0. The van der Waals surface area contributed by atoms with Gasteiger partial charge in [-0.1, -0.05) is 20.8 Å². The molecule has 6 heteroatoms. The maximum atomic E-state index is 6.51. The normalized spacial score (nSPS) is 16.5. The molecule has 0 bridgehead atoms. The van der Waals surface area contributed by atoms with Gasteiger partial charge >= 0.3 is 0 Å². The summed E-state index contributed by atoms with van der Waals surface area (Å²) in [6, 6.07) is 10.8. The molecule has 0 spiro atoms. The Kier molecular flexibility index (Phi) is 4.36. The van der Waals surface area contributed by atoms with E-state index in [0.29, 0.717) is 6.10 Å². The van der Waals surface area contributed by atoms with Crippen LogP contribution in [0.5, 0.6) is 0 Å². The van der Waals surface area contributed by atoms with Gasteiger partial charge in [-0.15, -0.1) is 0 Å². The quantitative estimate of drug-likeness (QED) is 0.377. The molecular weight excluding hydrogens is 453 g/mol. The summed E-state index contributed by atoms with van der Waals surface area (Å²) >= 11 is 2.34. The summed E-state index contributed by atoms with van der Waals surface area (Å²) < 4.78 is 9.89. The van der Waals surface area contributed by atoms with E-state index in [1.807, 2.05) is 0 Å². The third-order valence-corrected chi connectivity index (χ3v) is 11.0. The zero-order valence-corrected chi connectivity index (χ0v) is 19.2. The summed E-state index contributed by atoms with van der Waals surface area (Å²) in [7, 11) is -1.68. The van der Waals surface area contributed by atoms with Crippen molar-refractivity contribution < 1.29 is 4.43 Å². The minimum Gasteiger partial charge on any atom is -0.410 e. The van der Waals surface area contributed by atoms with Crippen LogP contribution in [0.3, 0.4) is 0 Å². The molecule has 1 saturated heterocycles. The molecule has 1 aliphatic rings. The molecule has 0 radical (unpaired) electrons. The first-order valence-electron chi connectivity index (χ1n) is 9.14. The second-order valence-corrected chi connectivity index (χ2v) is 14.8. The van der Waals surface area contributed by atoms with E-state index in [0.717, 1.165) is 29.8 Å². The van der Waals surface area contributed by atoms with E-state index in [2.05, 4.69) is 102 Å². The Balaban J connectivity index is 1.51. The lowest BCUT2D eigenvalue weighted by Gasteiger charge is -2.47. The molecule has 2 aromatic heterocycles. The molecule has 0 atom stereocenters. The largest absolute Gasteiger partial charge is 0.410 e. The predicted molar refractivity (Wildman–Crippen MR) is 120 cm³/mol. The highest BCUT2D eigenvalue weighted by molar-refractivity contribution is 14.1. The van der Waals surface area contributed by atoms with Crippen LogP contribution >= 0.6 is 22.6 Å². The maximum absolute atomic E-state index is 6.51. The summed E-state index contributed by atoms with van der Waals surface area (Å²) in [6.07, 6.45) is 2.49. The number of fused-ring (bicyclic) bond motifs is 3. The smallest absolute Gasteiger partial charge is 0.192 e. The summed E-state index contributed by atoms with van der Waals surface area (Å²) in [5.41, 5.74) is 4.46. The number of halogens is 1. The molecule has 0 unspecified atom stereocenters. The van der Waals surface area contributed by atoms with Crippen molar-refractivity contribution in [2.24, 2.45) is 0 Å². The highest BCUT2D eigenvalue weighted by atomic mass is 127. The summed E-state index contributed by atoms with van der Waals surface area (Å²) in [5, 5.41) is 0.264. The standard InChI is InChI=1S/C20H26IN3OSi/c1-20(2,3)26(4,5)25-16-12-23(13-16)15-8-9-24-18-7-6-14(21)10-17(18)22-19(24)11-15/h6-11,16H,12-13H2,1-5H3. The SMILES string of the molecule is CC(C)(C)[Si](C)(C)OC1CN(c2ccn3c(c2)nc2cc(I)ccc23)C1. The van der Waals surface area contributed by atoms with Crippen LogP contribution in [0.15, 0.2) is 36.5 Å². The van der Waals surface area contributed by atoms with E-state index < -0.39 is 8.32 Å². The molecule has 26 heavy (non-hydrogen) atoms. The molecule has 4 nitrogen and oxygen atoms in total. The van der Waals surface area contributed by atoms with E-state index in [4.69, 9.17) is 9.41 Å². The number of aromatic nitrogens is 2. The van der Waals surface area contributed by atoms with Crippen LogP contribution in [0.2, 0.25) is 18.1 Å². The van der Waals surface area contributed by atoms with Gasteiger partial charge in [0, 0.05) is 34.6 Å². The van der Waals surface area contributed by atoms with Crippen molar-refractivity contribution in [3.63, 3.8) is 0 Å². The molecule has 3 aromatic rings. The number of nitrogens with zero attached hydrogens (tertiary/aromatic N) is 3. The van der Waals surface area contributed by atoms with Crippen LogP contribution in [0.25, 0.3) is 16.7 Å². The maximum Gasteiger partial charge on any atom is 0.192 e. The van der Waals surface area contributed by atoms with Gasteiger partial charge in [0.25, 0.3) is 0 Å². The predicted octanol–water partition coefficient (Wildman–Crippen LogP) is 5.30. The Morgan fingerprint density at radius 1 is 1.15 bits per heavy atom. The van der Waals surface area contributed by atoms with Crippen LogP contribution in [0.1, 0.15) is 20.8 Å². The van der Waals surface area contributed by atoms with Gasteiger partial charge in [-0.25, -0.2) is 4.98 Å². The Hall–Kier alpha value is -1.12. The third kappa shape index (κ3) is 3.16. The molecule has 4 rings (SSSR count). The fourth-order valence-corrected chi connectivity index (χ4v) is 5.00.